The molecule has 0 saturated carbocycles. The van der Waals surface area contributed by atoms with E-state index in [2.05, 4.69) is 27.0 Å². The van der Waals surface area contributed by atoms with Gasteiger partial charge in [-0.15, -0.1) is 10.2 Å². The largest absolute Gasteiger partial charge is 0.507 e. The minimum Gasteiger partial charge on any atom is -0.507 e. The lowest BCUT2D eigenvalue weighted by Gasteiger charge is -2.60. The Hall–Kier alpha value is -3.00. The fraction of sp³-hybridized carbons (Fsp3) is 0.458. The number of benzene rings is 1. The molecule has 2 saturated heterocycles. The second-order valence-electron chi connectivity index (χ2n) is 9.46. The number of hydrogen-bond acceptors (Lipinski definition) is 6. The van der Waals surface area contributed by atoms with Gasteiger partial charge in [0, 0.05) is 42.0 Å². The molecule has 168 valence electrons. The first-order chi connectivity index (χ1) is 15.3. The molecule has 2 aliphatic heterocycles. The van der Waals surface area contributed by atoms with Crippen molar-refractivity contribution in [1.82, 2.24) is 24.6 Å². The van der Waals surface area contributed by atoms with Crippen molar-refractivity contribution in [2.45, 2.75) is 62.9 Å². The van der Waals surface area contributed by atoms with E-state index in [9.17, 15) is 5.11 Å². The number of phenols is 1. The van der Waals surface area contributed by atoms with Crippen LogP contribution in [-0.4, -0.2) is 60.2 Å². The maximum absolute atomic E-state index is 15.5. The molecule has 7 nitrogen and oxygen atoms in total. The molecule has 0 aliphatic carbocycles. The van der Waals surface area contributed by atoms with Crippen LogP contribution in [0.2, 0.25) is 0 Å². The second-order valence-corrected chi connectivity index (χ2v) is 9.46. The third-order valence-electron chi connectivity index (χ3n) is 7.51. The standard InChI is InChI=1S/C24H28FN5O2/c1-23-9-4-10-24(2,29(23)3)22(25)20(14-23)32-21-8-7-18(27-28-21)17-6-5-16(13-19(17)31)30-12-11-26-15-30/h5-8,11-13,15,20,22,31H,4,9-10,14H2,1-3H3/t20-,22-,23-,24+/m1/s1. The van der Waals surface area contributed by atoms with E-state index in [-0.39, 0.29) is 11.3 Å². The van der Waals surface area contributed by atoms with Crippen LogP contribution in [0.3, 0.4) is 0 Å². The van der Waals surface area contributed by atoms with Crippen LogP contribution in [0.25, 0.3) is 16.9 Å². The lowest BCUT2D eigenvalue weighted by molar-refractivity contribution is -0.152. The Labute approximate surface area is 186 Å². The molecule has 5 rings (SSSR count). The quantitative estimate of drug-likeness (QED) is 0.661. The Bertz CT molecular complexity index is 1110. The number of nitrogens with zero attached hydrogens (tertiary/aromatic N) is 5. The van der Waals surface area contributed by atoms with Crippen molar-refractivity contribution in [3.05, 3.63) is 49.1 Å². The minimum absolute atomic E-state index is 0.0869. The molecule has 2 bridgehead atoms. The Kier molecular flexibility index (Phi) is 4.93. The van der Waals surface area contributed by atoms with Crippen LogP contribution in [0.15, 0.2) is 49.1 Å². The van der Waals surface area contributed by atoms with Crippen LogP contribution in [0.1, 0.15) is 39.5 Å². The Morgan fingerprint density at radius 2 is 2.00 bits per heavy atom. The average Bonchev–Trinajstić information content (AvgIpc) is 3.31. The molecule has 3 aromatic rings. The van der Waals surface area contributed by atoms with Gasteiger partial charge in [-0.2, -0.15) is 0 Å². The number of phenolic OH excluding ortho intramolecular Hbond substituents is 1. The van der Waals surface area contributed by atoms with Crippen molar-refractivity contribution in [1.29, 1.82) is 0 Å². The van der Waals surface area contributed by atoms with Gasteiger partial charge in [-0.1, -0.05) is 0 Å². The van der Waals surface area contributed by atoms with Crippen LogP contribution >= 0.6 is 0 Å². The number of hydrogen-bond donors (Lipinski definition) is 1. The molecule has 4 atom stereocenters. The smallest absolute Gasteiger partial charge is 0.233 e. The number of ether oxygens (including phenoxy) is 1. The van der Waals surface area contributed by atoms with Gasteiger partial charge >= 0.3 is 0 Å². The molecule has 32 heavy (non-hydrogen) atoms. The Balaban J connectivity index is 1.34. The van der Waals surface area contributed by atoms with Crippen molar-refractivity contribution in [3.8, 4) is 28.6 Å². The van der Waals surface area contributed by atoms with Crippen molar-refractivity contribution in [3.63, 3.8) is 0 Å². The monoisotopic (exact) mass is 437 g/mol. The third kappa shape index (κ3) is 3.33. The number of imidazole rings is 1. The Morgan fingerprint density at radius 1 is 1.16 bits per heavy atom. The van der Waals surface area contributed by atoms with Gasteiger partial charge in [0.25, 0.3) is 0 Å². The van der Waals surface area contributed by atoms with Crippen molar-refractivity contribution in [2.75, 3.05) is 7.05 Å². The van der Waals surface area contributed by atoms with Gasteiger partial charge in [0.05, 0.1) is 23.2 Å². The maximum Gasteiger partial charge on any atom is 0.233 e. The van der Waals surface area contributed by atoms with Gasteiger partial charge in [-0.3, -0.25) is 4.90 Å². The highest BCUT2D eigenvalue weighted by molar-refractivity contribution is 5.68. The number of fused-ring (bicyclic) bond motifs is 2. The molecule has 8 heteroatoms. The topological polar surface area (TPSA) is 76.3 Å². The molecule has 1 N–H and O–H groups in total. The van der Waals surface area contributed by atoms with Gasteiger partial charge in [0.2, 0.25) is 5.88 Å². The highest BCUT2D eigenvalue weighted by atomic mass is 19.1. The number of rotatable bonds is 4. The molecule has 1 aromatic carbocycles. The highest BCUT2D eigenvalue weighted by Gasteiger charge is 2.57. The summed E-state index contributed by atoms with van der Waals surface area (Å²) in [6, 6.07) is 8.73. The second kappa shape index (κ2) is 7.55. The molecule has 0 radical (unpaired) electrons. The van der Waals surface area contributed by atoms with E-state index >= 15 is 4.39 Å². The number of halogens is 1. The number of aromatic nitrogens is 4. The molecule has 2 aliphatic rings. The maximum atomic E-state index is 15.5. The average molecular weight is 438 g/mol. The first-order valence-electron chi connectivity index (χ1n) is 11.0. The third-order valence-corrected chi connectivity index (χ3v) is 7.51. The summed E-state index contributed by atoms with van der Waals surface area (Å²) in [5, 5.41) is 18.9. The van der Waals surface area contributed by atoms with Crippen LogP contribution in [-0.2, 0) is 0 Å². The summed E-state index contributed by atoms with van der Waals surface area (Å²) in [5.41, 5.74) is 1.25. The normalized spacial score (nSPS) is 30.2. The van der Waals surface area contributed by atoms with Gasteiger partial charge < -0.3 is 14.4 Å². The zero-order valence-electron chi connectivity index (χ0n) is 18.6. The van der Waals surface area contributed by atoms with E-state index in [1.807, 2.05) is 20.0 Å². The van der Waals surface area contributed by atoms with Gasteiger partial charge in [-0.05, 0) is 58.4 Å². The van der Waals surface area contributed by atoms with Gasteiger partial charge in [-0.25, -0.2) is 9.37 Å². The van der Waals surface area contributed by atoms with E-state index in [1.54, 1.807) is 47.6 Å². The highest BCUT2D eigenvalue weighted by Crippen LogP contribution is 2.48. The molecule has 4 heterocycles. The van der Waals surface area contributed by atoms with E-state index in [4.69, 9.17) is 4.74 Å². The van der Waals surface area contributed by atoms with E-state index in [1.165, 1.54) is 0 Å². The summed E-state index contributed by atoms with van der Waals surface area (Å²) in [6.07, 6.45) is 6.96. The van der Waals surface area contributed by atoms with Gasteiger partial charge in [0.1, 0.15) is 11.9 Å². The lowest BCUT2D eigenvalue weighted by Crippen LogP contribution is -2.71. The van der Waals surface area contributed by atoms with Crippen molar-refractivity contribution < 1.29 is 14.2 Å². The molecule has 2 fully saturated rings. The predicted octanol–water partition coefficient (Wildman–Crippen LogP) is 4.16. The van der Waals surface area contributed by atoms with E-state index < -0.39 is 17.8 Å². The molecule has 0 amide bonds. The van der Waals surface area contributed by atoms with Crippen LogP contribution in [0, 0.1) is 0 Å². The lowest BCUT2D eigenvalue weighted by atomic mass is 9.67. The fourth-order valence-corrected chi connectivity index (χ4v) is 5.37. The SMILES string of the molecule is CN1[C@]2(C)CCC[C@@]1(C)[C@H](F)[C@H](Oc1ccc(-c3ccc(-n4ccnc4)cc3O)nn1)C2. The molecular weight excluding hydrogens is 409 g/mol. The van der Waals surface area contributed by atoms with E-state index in [0.29, 0.717) is 23.6 Å². The molecular formula is C24H28FN5O2. The summed E-state index contributed by atoms with van der Waals surface area (Å²) >= 11 is 0. The summed E-state index contributed by atoms with van der Waals surface area (Å²) < 4.78 is 23.3. The first kappa shape index (κ1) is 20.9. The number of aromatic hydroxyl groups is 1. The summed E-state index contributed by atoms with van der Waals surface area (Å²) in [6.45, 7) is 4.19. The van der Waals surface area contributed by atoms with Crippen molar-refractivity contribution in [2.24, 2.45) is 0 Å². The summed E-state index contributed by atoms with van der Waals surface area (Å²) in [7, 11) is 2.03. The summed E-state index contributed by atoms with van der Waals surface area (Å²) in [4.78, 5) is 6.23. The van der Waals surface area contributed by atoms with Crippen molar-refractivity contribution >= 4 is 0 Å². The van der Waals surface area contributed by atoms with Crippen LogP contribution < -0.4 is 4.74 Å². The van der Waals surface area contributed by atoms with Crippen LogP contribution in [0.5, 0.6) is 11.6 Å². The first-order valence-corrected chi connectivity index (χ1v) is 11.0. The molecule has 0 spiro atoms. The predicted molar refractivity (Wildman–Crippen MR) is 119 cm³/mol. The molecule has 2 aromatic heterocycles. The molecule has 0 unspecified atom stereocenters. The zero-order chi connectivity index (χ0) is 22.5. The van der Waals surface area contributed by atoms with Crippen LogP contribution in [0.4, 0.5) is 4.39 Å². The minimum atomic E-state index is -1.11. The van der Waals surface area contributed by atoms with E-state index in [0.717, 1.165) is 24.9 Å². The van der Waals surface area contributed by atoms with Gasteiger partial charge in [0.15, 0.2) is 6.17 Å². The number of alkyl halides is 1. The fourth-order valence-electron chi connectivity index (χ4n) is 5.37. The summed E-state index contributed by atoms with van der Waals surface area (Å²) in [5.74, 6) is 0.387. The Morgan fingerprint density at radius 3 is 2.69 bits per heavy atom. The zero-order valence-corrected chi connectivity index (χ0v) is 18.6. The number of piperidine rings is 2.